The highest BCUT2D eigenvalue weighted by molar-refractivity contribution is 5.94. The van der Waals surface area contributed by atoms with E-state index in [-0.39, 0.29) is 0 Å². The molecule has 0 aromatic heterocycles. The average molecular weight is 226 g/mol. The lowest BCUT2D eigenvalue weighted by atomic mass is 10.1. The van der Waals surface area contributed by atoms with Gasteiger partial charge in [-0.3, -0.25) is 5.32 Å². The van der Waals surface area contributed by atoms with Gasteiger partial charge in [0.25, 0.3) is 0 Å². The van der Waals surface area contributed by atoms with Gasteiger partial charge in [0.2, 0.25) is 0 Å². The number of fused-ring (bicyclic) bond motifs is 1. The van der Waals surface area contributed by atoms with E-state index in [0.717, 1.165) is 19.8 Å². The number of nitrogens with zero attached hydrogens (tertiary/aromatic N) is 1. The highest BCUT2D eigenvalue weighted by Gasteiger charge is 2.11. The van der Waals surface area contributed by atoms with Gasteiger partial charge in [-0.15, -0.1) is 0 Å². The molecule has 0 unspecified atom stereocenters. The first-order chi connectivity index (χ1) is 8.45. The maximum absolute atomic E-state index is 3.49. The standard InChI is InChI=1S/C15H18N2/c1-2-8-14-13(6-1)7-5-9-15(14)17-11-4-3-10-16-12-17/h1-2,5-9,16H,3-4,10-12H2. The summed E-state index contributed by atoms with van der Waals surface area (Å²) in [5.41, 5.74) is 1.36. The summed E-state index contributed by atoms with van der Waals surface area (Å²) in [5, 5.41) is 6.17. The van der Waals surface area contributed by atoms with Crippen LogP contribution in [0.3, 0.4) is 0 Å². The van der Waals surface area contributed by atoms with Crippen LogP contribution in [0.1, 0.15) is 12.8 Å². The lowest BCUT2D eigenvalue weighted by Crippen LogP contribution is -2.32. The highest BCUT2D eigenvalue weighted by atomic mass is 15.2. The summed E-state index contributed by atoms with van der Waals surface area (Å²) in [7, 11) is 0. The first-order valence-corrected chi connectivity index (χ1v) is 6.38. The molecule has 0 radical (unpaired) electrons. The second-order valence-corrected chi connectivity index (χ2v) is 4.63. The molecule has 88 valence electrons. The summed E-state index contributed by atoms with van der Waals surface area (Å²) in [4.78, 5) is 2.45. The molecule has 2 aromatic carbocycles. The Morgan fingerprint density at radius 2 is 1.82 bits per heavy atom. The number of benzene rings is 2. The Balaban J connectivity index is 2.03. The molecule has 1 aliphatic heterocycles. The molecular weight excluding hydrogens is 208 g/mol. The van der Waals surface area contributed by atoms with Crippen LogP contribution in [0.15, 0.2) is 42.5 Å². The van der Waals surface area contributed by atoms with Gasteiger partial charge in [0.1, 0.15) is 0 Å². The van der Waals surface area contributed by atoms with Crippen molar-refractivity contribution in [2.45, 2.75) is 12.8 Å². The third kappa shape index (κ3) is 2.13. The number of anilines is 1. The van der Waals surface area contributed by atoms with Crippen molar-refractivity contribution in [2.75, 3.05) is 24.7 Å². The van der Waals surface area contributed by atoms with Crippen LogP contribution < -0.4 is 10.2 Å². The number of hydrogen-bond donors (Lipinski definition) is 1. The smallest absolute Gasteiger partial charge is 0.0682 e. The topological polar surface area (TPSA) is 15.3 Å². The molecule has 1 heterocycles. The summed E-state index contributed by atoms with van der Waals surface area (Å²) >= 11 is 0. The lowest BCUT2D eigenvalue weighted by Gasteiger charge is -2.24. The zero-order valence-electron chi connectivity index (χ0n) is 10.0. The summed E-state index contributed by atoms with van der Waals surface area (Å²) in [6, 6.07) is 15.2. The Bertz CT molecular complexity index is 494. The molecular formula is C15H18N2. The molecule has 17 heavy (non-hydrogen) atoms. The molecule has 1 N–H and O–H groups in total. The van der Waals surface area contributed by atoms with Crippen molar-refractivity contribution in [1.82, 2.24) is 5.32 Å². The molecule has 0 amide bonds. The second-order valence-electron chi connectivity index (χ2n) is 4.63. The van der Waals surface area contributed by atoms with E-state index in [1.165, 1.54) is 29.3 Å². The number of rotatable bonds is 1. The number of hydrogen-bond acceptors (Lipinski definition) is 2. The maximum atomic E-state index is 3.49. The minimum Gasteiger partial charge on any atom is -0.358 e. The monoisotopic (exact) mass is 226 g/mol. The van der Waals surface area contributed by atoms with Gasteiger partial charge in [-0.2, -0.15) is 0 Å². The lowest BCUT2D eigenvalue weighted by molar-refractivity contribution is 0.701. The summed E-state index contributed by atoms with van der Waals surface area (Å²) in [6.07, 6.45) is 2.55. The predicted octanol–water partition coefficient (Wildman–Crippen LogP) is 2.99. The van der Waals surface area contributed by atoms with Crippen molar-refractivity contribution in [2.24, 2.45) is 0 Å². The molecule has 0 spiro atoms. The van der Waals surface area contributed by atoms with Crippen molar-refractivity contribution in [3.8, 4) is 0 Å². The van der Waals surface area contributed by atoms with Crippen LogP contribution in [0, 0.1) is 0 Å². The molecule has 2 aromatic rings. The van der Waals surface area contributed by atoms with Crippen molar-refractivity contribution in [3.05, 3.63) is 42.5 Å². The van der Waals surface area contributed by atoms with Gasteiger partial charge in [-0.25, -0.2) is 0 Å². The Morgan fingerprint density at radius 3 is 2.82 bits per heavy atom. The maximum Gasteiger partial charge on any atom is 0.0682 e. The van der Waals surface area contributed by atoms with E-state index >= 15 is 0 Å². The minimum absolute atomic E-state index is 0.966. The van der Waals surface area contributed by atoms with E-state index in [1.54, 1.807) is 0 Å². The van der Waals surface area contributed by atoms with Gasteiger partial charge in [0.15, 0.2) is 0 Å². The van der Waals surface area contributed by atoms with E-state index in [9.17, 15) is 0 Å². The molecule has 3 rings (SSSR count). The van der Waals surface area contributed by atoms with E-state index in [2.05, 4.69) is 52.7 Å². The van der Waals surface area contributed by atoms with Crippen molar-refractivity contribution in [1.29, 1.82) is 0 Å². The van der Waals surface area contributed by atoms with Crippen molar-refractivity contribution in [3.63, 3.8) is 0 Å². The van der Waals surface area contributed by atoms with Crippen molar-refractivity contribution < 1.29 is 0 Å². The largest absolute Gasteiger partial charge is 0.358 e. The first-order valence-electron chi connectivity index (χ1n) is 6.38. The molecule has 1 saturated heterocycles. The SMILES string of the molecule is c1ccc2c(N3CCCCNC3)cccc2c1. The predicted molar refractivity (Wildman–Crippen MR) is 73.4 cm³/mol. The third-order valence-corrected chi connectivity index (χ3v) is 3.44. The molecule has 0 saturated carbocycles. The first kappa shape index (κ1) is 10.6. The fourth-order valence-corrected chi connectivity index (χ4v) is 2.54. The van der Waals surface area contributed by atoms with E-state index in [1.807, 2.05) is 0 Å². The third-order valence-electron chi connectivity index (χ3n) is 3.44. The normalized spacial score (nSPS) is 17.1. The zero-order chi connectivity index (χ0) is 11.5. The molecule has 2 heteroatoms. The van der Waals surface area contributed by atoms with Gasteiger partial charge in [-0.05, 0) is 30.8 Å². The fourth-order valence-electron chi connectivity index (χ4n) is 2.54. The highest BCUT2D eigenvalue weighted by Crippen LogP contribution is 2.26. The summed E-state index contributed by atoms with van der Waals surface area (Å²) in [6.45, 7) is 3.26. The zero-order valence-corrected chi connectivity index (χ0v) is 10.0. The van der Waals surface area contributed by atoms with Crippen LogP contribution in [0.4, 0.5) is 5.69 Å². The van der Waals surface area contributed by atoms with E-state index in [0.29, 0.717) is 0 Å². The van der Waals surface area contributed by atoms with Crippen LogP contribution in [0.5, 0.6) is 0 Å². The van der Waals surface area contributed by atoms with Gasteiger partial charge in [0.05, 0.1) is 6.67 Å². The van der Waals surface area contributed by atoms with Gasteiger partial charge in [0, 0.05) is 17.6 Å². The van der Waals surface area contributed by atoms with Crippen LogP contribution in [0.25, 0.3) is 10.8 Å². The Kier molecular flexibility index (Phi) is 2.97. The van der Waals surface area contributed by atoms with Crippen LogP contribution in [-0.2, 0) is 0 Å². The summed E-state index contributed by atoms with van der Waals surface area (Å²) in [5.74, 6) is 0. The fraction of sp³-hybridized carbons (Fsp3) is 0.333. The Hall–Kier alpha value is -1.54. The average Bonchev–Trinajstić information content (AvgIpc) is 2.67. The molecule has 0 atom stereocenters. The van der Waals surface area contributed by atoms with Crippen molar-refractivity contribution >= 4 is 16.5 Å². The van der Waals surface area contributed by atoms with Gasteiger partial charge < -0.3 is 4.90 Å². The Morgan fingerprint density at radius 1 is 0.941 bits per heavy atom. The molecule has 2 nitrogen and oxygen atoms in total. The minimum atomic E-state index is 0.966. The van der Waals surface area contributed by atoms with Crippen LogP contribution >= 0.6 is 0 Å². The summed E-state index contributed by atoms with van der Waals surface area (Å²) < 4.78 is 0. The Labute approximate surface area is 102 Å². The van der Waals surface area contributed by atoms with E-state index in [4.69, 9.17) is 0 Å². The molecule has 0 bridgehead atoms. The van der Waals surface area contributed by atoms with Gasteiger partial charge >= 0.3 is 0 Å². The van der Waals surface area contributed by atoms with Gasteiger partial charge in [-0.1, -0.05) is 36.4 Å². The molecule has 1 fully saturated rings. The number of nitrogens with one attached hydrogen (secondary N) is 1. The quantitative estimate of drug-likeness (QED) is 0.804. The molecule has 1 aliphatic rings. The second kappa shape index (κ2) is 4.76. The van der Waals surface area contributed by atoms with Crippen LogP contribution in [-0.4, -0.2) is 19.8 Å². The van der Waals surface area contributed by atoms with E-state index < -0.39 is 0 Å². The van der Waals surface area contributed by atoms with Crippen LogP contribution in [0.2, 0.25) is 0 Å². The molecule has 0 aliphatic carbocycles.